The molecule has 20 heavy (non-hydrogen) atoms. The molecule has 1 N–H and O–H groups in total. The van der Waals surface area contributed by atoms with Crippen LogP contribution in [-0.2, 0) is 9.59 Å². The first kappa shape index (κ1) is 14.2. The van der Waals surface area contributed by atoms with Gasteiger partial charge in [-0.15, -0.1) is 0 Å². The maximum Gasteiger partial charge on any atom is 0.323 e. The molecule has 1 unspecified atom stereocenters. The number of aliphatic carboxylic acids is 1. The van der Waals surface area contributed by atoms with Gasteiger partial charge in [0.05, 0.1) is 0 Å². The van der Waals surface area contributed by atoms with Crippen LogP contribution in [0.2, 0.25) is 0 Å². The molecule has 7 heteroatoms. The summed E-state index contributed by atoms with van der Waals surface area (Å²) in [7, 11) is 0. The smallest absolute Gasteiger partial charge is 0.323 e. The highest BCUT2D eigenvalue weighted by atomic mass is 16.4. The summed E-state index contributed by atoms with van der Waals surface area (Å²) in [5.74, 6) is -0.643. The lowest BCUT2D eigenvalue weighted by Gasteiger charge is -2.28. The first-order valence-corrected chi connectivity index (χ1v) is 6.67. The topological polar surface area (TPSA) is 86.6 Å². The lowest BCUT2D eigenvalue weighted by atomic mass is 10.2. The molecule has 0 aliphatic carbocycles. The van der Waals surface area contributed by atoms with E-state index in [1.807, 2.05) is 4.90 Å². The molecule has 7 nitrogen and oxygen atoms in total. The summed E-state index contributed by atoms with van der Waals surface area (Å²) in [6, 6.07) is 1.36. The van der Waals surface area contributed by atoms with Crippen LogP contribution in [0.1, 0.15) is 19.8 Å². The molecule has 1 fully saturated rings. The Kier molecular flexibility index (Phi) is 4.49. The fourth-order valence-electron chi connectivity index (χ4n) is 2.42. The molecule has 108 valence electrons. The van der Waals surface area contributed by atoms with Crippen molar-refractivity contribution in [3.05, 3.63) is 18.5 Å². The second kappa shape index (κ2) is 6.31. The molecule has 0 radical (unpaired) electrons. The van der Waals surface area contributed by atoms with Gasteiger partial charge in [-0.25, -0.2) is 9.97 Å². The van der Waals surface area contributed by atoms with Crippen molar-refractivity contribution in [3.63, 3.8) is 0 Å². The van der Waals surface area contributed by atoms with Crippen molar-refractivity contribution in [3.8, 4) is 0 Å². The second-order valence-electron chi connectivity index (χ2n) is 4.65. The lowest BCUT2D eigenvalue weighted by Crippen LogP contribution is -2.47. The molecule has 1 aliphatic heterocycles. The maximum atomic E-state index is 12.5. The molecule has 0 spiro atoms. The monoisotopic (exact) mass is 278 g/mol. The van der Waals surface area contributed by atoms with E-state index in [1.54, 1.807) is 25.4 Å². The number of hydrogen-bond donors (Lipinski definition) is 1. The summed E-state index contributed by atoms with van der Waals surface area (Å²) in [6.45, 7) is 2.60. The van der Waals surface area contributed by atoms with Crippen LogP contribution in [0.25, 0.3) is 0 Å². The number of rotatable bonds is 5. The second-order valence-corrected chi connectivity index (χ2v) is 4.65. The first-order valence-electron chi connectivity index (χ1n) is 6.67. The number of aromatic nitrogens is 2. The molecule has 2 rings (SSSR count). The molecule has 1 aromatic heterocycles. The number of nitrogens with zero attached hydrogens (tertiary/aromatic N) is 4. The van der Waals surface area contributed by atoms with Crippen molar-refractivity contribution in [2.24, 2.45) is 0 Å². The van der Waals surface area contributed by atoms with Crippen molar-refractivity contribution >= 4 is 17.8 Å². The Morgan fingerprint density at radius 1 is 1.45 bits per heavy atom. The molecule has 0 aromatic carbocycles. The van der Waals surface area contributed by atoms with Crippen LogP contribution in [0, 0.1) is 0 Å². The summed E-state index contributed by atoms with van der Waals surface area (Å²) >= 11 is 0. The van der Waals surface area contributed by atoms with Crippen LogP contribution in [0.3, 0.4) is 0 Å². The van der Waals surface area contributed by atoms with Gasteiger partial charge in [0.25, 0.3) is 0 Å². The molecule has 1 aliphatic rings. The Morgan fingerprint density at radius 2 is 2.15 bits per heavy atom. The van der Waals surface area contributed by atoms with Crippen molar-refractivity contribution in [2.45, 2.75) is 25.8 Å². The molecule has 0 bridgehead atoms. The highest BCUT2D eigenvalue weighted by Crippen LogP contribution is 2.23. The average Bonchev–Trinajstić information content (AvgIpc) is 2.94. The van der Waals surface area contributed by atoms with Gasteiger partial charge in [0.1, 0.15) is 12.6 Å². The quantitative estimate of drug-likeness (QED) is 0.838. The number of amides is 1. The first-order chi connectivity index (χ1) is 9.63. The standard InChI is InChI=1S/C13H18N4O3/c1-2-16(9-11(18)19)12(20)10-5-3-8-17(10)13-14-6-4-7-15-13/h4,6-7,10H,2-3,5,8-9H2,1H3,(H,18,19). The zero-order chi connectivity index (χ0) is 14.5. The summed E-state index contributed by atoms with van der Waals surface area (Å²) < 4.78 is 0. The third kappa shape index (κ3) is 3.04. The van der Waals surface area contributed by atoms with E-state index in [-0.39, 0.29) is 18.5 Å². The van der Waals surface area contributed by atoms with E-state index < -0.39 is 5.97 Å². The fourth-order valence-corrected chi connectivity index (χ4v) is 2.42. The van der Waals surface area contributed by atoms with E-state index >= 15 is 0 Å². The Labute approximate surface area is 117 Å². The average molecular weight is 278 g/mol. The number of carbonyl (C=O) groups is 2. The Balaban J connectivity index is 2.14. The van der Waals surface area contributed by atoms with Crippen molar-refractivity contribution < 1.29 is 14.7 Å². The highest BCUT2D eigenvalue weighted by Gasteiger charge is 2.35. The van der Waals surface area contributed by atoms with Gasteiger partial charge in [0, 0.05) is 25.5 Å². The predicted molar refractivity (Wildman–Crippen MR) is 72.3 cm³/mol. The van der Waals surface area contributed by atoms with Gasteiger partial charge in [-0.05, 0) is 25.8 Å². The number of carbonyl (C=O) groups excluding carboxylic acids is 1. The molecular formula is C13H18N4O3. The minimum Gasteiger partial charge on any atom is -0.480 e. The summed E-state index contributed by atoms with van der Waals surface area (Å²) in [5.41, 5.74) is 0. The molecule has 0 saturated carbocycles. The van der Waals surface area contributed by atoms with E-state index in [2.05, 4.69) is 9.97 Å². The number of carboxylic acids is 1. The van der Waals surface area contributed by atoms with E-state index in [0.29, 0.717) is 25.5 Å². The molecule has 1 aromatic rings. The van der Waals surface area contributed by atoms with Crippen LogP contribution in [0.15, 0.2) is 18.5 Å². The third-order valence-corrected chi connectivity index (χ3v) is 3.37. The van der Waals surface area contributed by atoms with Gasteiger partial charge in [-0.3, -0.25) is 9.59 Å². The number of carboxylic acid groups (broad SMARTS) is 1. The van der Waals surface area contributed by atoms with Gasteiger partial charge in [0.2, 0.25) is 11.9 Å². The summed E-state index contributed by atoms with van der Waals surface area (Å²) in [6.07, 6.45) is 4.85. The predicted octanol–water partition coefficient (Wildman–Crippen LogP) is 0.378. The van der Waals surface area contributed by atoms with E-state index in [0.717, 1.165) is 6.42 Å². The molecular weight excluding hydrogens is 260 g/mol. The summed E-state index contributed by atoms with van der Waals surface area (Å²) in [4.78, 5) is 34.8. The van der Waals surface area contributed by atoms with E-state index in [4.69, 9.17) is 5.11 Å². The zero-order valence-electron chi connectivity index (χ0n) is 11.4. The Morgan fingerprint density at radius 3 is 2.75 bits per heavy atom. The number of hydrogen-bond acceptors (Lipinski definition) is 5. The van der Waals surface area contributed by atoms with Gasteiger partial charge >= 0.3 is 5.97 Å². The van der Waals surface area contributed by atoms with Gasteiger partial charge in [0.15, 0.2) is 0 Å². The third-order valence-electron chi connectivity index (χ3n) is 3.37. The van der Waals surface area contributed by atoms with Crippen LogP contribution >= 0.6 is 0 Å². The number of anilines is 1. The van der Waals surface area contributed by atoms with Crippen LogP contribution in [-0.4, -0.2) is 57.5 Å². The maximum absolute atomic E-state index is 12.5. The van der Waals surface area contributed by atoms with Crippen molar-refractivity contribution in [1.29, 1.82) is 0 Å². The van der Waals surface area contributed by atoms with Crippen LogP contribution in [0.4, 0.5) is 5.95 Å². The molecule has 2 heterocycles. The van der Waals surface area contributed by atoms with Crippen molar-refractivity contribution in [1.82, 2.24) is 14.9 Å². The zero-order valence-corrected chi connectivity index (χ0v) is 11.4. The normalized spacial score (nSPS) is 18.1. The van der Waals surface area contributed by atoms with Crippen LogP contribution in [0.5, 0.6) is 0 Å². The minimum atomic E-state index is -0.999. The molecule has 1 atom stereocenters. The van der Waals surface area contributed by atoms with E-state index in [1.165, 1.54) is 4.90 Å². The molecule has 1 amide bonds. The lowest BCUT2D eigenvalue weighted by molar-refractivity contribution is -0.144. The van der Waals surface area contributed by atoms with Gasteiger partial charge in [-0.2, -0.15) is 0 Å². The number of likely N-dealkylation sites (N-methyl/N-ethyl adjacent to an activating group) is 1. The molecule has 1 saturated heterocycles. The van der Waals surface area contributed by atoms with Gasteiger partial charge < -0.3 is 14.9 Å². The minimum absolute atomic E-state index is 0.167. The van der Waals surface area contributed by atoms with Crippen LogP contribution < -0.4 is 4.90 Å². The highest BCUT2D eigenvalue weighted by molar-refractivity contribution is 5.88. The SMILES string of the molecule is CCN(CC(=O)O)C(=O)C1CCCN1c1ncccn1. The van der Waals surface area contributed by atoms with E-state index in [9.17, 15) is 9.59 Å². The Hall–Kier alpha value is -2.18. The Bertz CT molecular complexity index is 480. The largest absolute Gasteiger partial charge is 0.480 e. The van der Waals surface area contributed by atoms with Gasteiger partial charge in [-0.1, -0.05) is 0 Å². The van der Waals surface area contributed by atoms with Crippen molar-refractivity contribution in [2.75, 3.05) is 24.5 Å². The fraction of sp³-hybridized carbons (Fsp3) is 0.538. The summed E-state index contributed by atoms with van der Waals surface area (Å²) in [5, 5.41) is 8.86.